The fourth-order valence-electron chi connectivity index (χ4n) is 1.23. The van der Waals surface area contributed by atoms with Gasteiger partial charge in [-0.15, -0.1) is 0 Å². The van der Waals surface area contributed by atoms with E-state index in [1.165, 1.54) is 0 Å². The Bertz CT molecular complexity index is 358. The number of nitrogens with zero attached hydrogens (tertiary/aromatic N) is 1. The van der Waals surface area contributed by atoms with E-state index in [2.05, 4.69) is 26.2 Å². The van der Waals surface area contributed by atoms with Gasteiger partial charge in [-0.25, -0.2) is 0 Å². The molecule has 1 aromatic heterocycles. The third kappa shape index (κ3) is 4.28. The Kier molecular flexibility index (Phi) is 5.42. The van der Waals surface area contributed by atoms with Crippen LogP contribution in [0.2, 0.25) is 0 Å². The van der Waals surface area contributed by atoms with Crippen molar-refractivity contribution < 1.29 is 9.53 Å². The fraction of sp³-hybridized carbons (Fsp3) is 0.455. The number of rotatable bonds is 5. The third-order valence-electron chi connectivity index (χ3n) is 1.99. The van der Waals surface area contributed by atoms with Crippen molar-refractivity contribution in [3.63, 3.8) is 0 Å². The van der Waals surface area contributed by atoms with Crippen LogP contribution in [0, 0.1) is 6.92 Å². The maximum absolute atomic E-state index is 11.7. The van der Waals surface area contributed by atoms with Gasteiger partial charge in [-0.1, -0.05) is 15.9 Å². The zero-order valence-electron chi connectivity index (χ0n) is 9.37. The van der Waals surface area contributed by atoms with Crippen molar-refractivity contribution in [3.05, 3.63) is 29.6 Å². The molecule has 1 atom stereocenters. The molecule has 0 aliphatic rings. The lowest BCUT2D eigenvalue weighted by atomic mass is 10.2. The lowest BCUT2D eigenvalue weighted by Gasteiger charge is -2.10. The Morgan fingerprint density at radius 2 is 2.44 bits per heavy atom. The molecule has 0 spiro atoms. The first-order valence-electron chi connectivity index (χ1n) is 4.97. The van der Waals surface area contributed by atoms with Gasteiger partial charge in [0, 0.05) is 31.1 Å². The first kappa shape index (κ1) is 13.1. The number of pyridine rings is 1. The van der Waals surface area contributed by atoms with E-state index in [4.69, 9.17) is 4.74 Å². The second-order valence-corrected chi connectivity index (χ2v) is 4.74. The minimum atomic E-state index is -0.0916. The molecule has 0 saturated heterocycles. The van der Waals surface area contributed by atoms with Crippen LogP contribution < -0.4 is 5.32 Å². The van der Waals surface area contributed by atoms with Crippen LogP contribution >= 0.6 is 15.9 Å². The molecule has 88 valence electrons. The molecule has 0 radical (unpaired) electrons. The van der Waals surface area contributed by atoms with Gasteiger partial charge in [0.2, 0.25) is 0 Å². The van der Waals surface area contributed by atoms with Crippen LogP contribution in [-0.4, -0.2) is 36.0 Å². The second-order valence-electron chi connectivity index (χ2n) is 3.45. The van der Waals surface area contributed by atoms with Crippen LogP contribution in [0.5, 0.6) is 0 Å². The summed E-state index contributed by atoms with van der Waals surface area (Å²) in [6, 6.07) is 3.46. The molecule has 16 heavy (non-hydrogen) atoms. The Morgan fingerprint density at radius 3 is 3.06 bits per heavy atom. The predicted molar refractivity (Wildman–Crippen MR) is 65.9 cm³/mol. The fourth-order valence-corrected chi connectivity index (χ4v) is 1.66. The average Bonchev–Trinajstić information content (AvgIpc) is 2.26. The number of nitrogens with one attached hydrogen (secondary N) is 1. The molecular formula is C11H15BrN2O2. The molecule has 1 unspecified atom stereocenters. The molecule has 0 aliphatic heterocycles. The van der Waals surface area contributed by atoms with Gasteiger partial charge in [0.05, 0.1) is 11.4 Å². The lowest BCUT2D eigenvalue weighted by molar-refractivity contribution is 0.0950. The van der Waals surface area contributed by atoms with Crippen molar-refractivity contribution in [1.29, 1.82) is 0 Å². The molecule has 1 aromatic rings. The summed E-state index contributed by atoms with van der Waals surface area (Å²) in [5.41, 5.74) is 1.46. The zero-order chi connectivity index (χ0) is 12.0. The van der Waals surface area contributed by atoms with Crippen molar-refractivity contribution in [1.82, 2.24) is 10.3 Å². The van der Waals surface area contributed by atoms with Gasteiger partial charge in [0.25, 0.3) is 5.91 Å². The second kappa shape index (κ2) is 6.60. The highest BCUT2D eigenvalue weighted by Crippen LogP contribution is 2.02. The van der Waals surface area contributed by atoms with Gasteiger partial charge in [-0.2, -0.15) is 0 Å². The van der Waals surface area contributed by atoms with Gasteiger partial charge < -0.3 is 10.1 Å². The minimum absolute atomic E-state index is 0.0916. The molecule has 0 saturated carbocycles. The Morgan fingerprint density at radius 1 is 1.69 bits per heavy atom. The number of aromatic nitrogens is 1. The number of amides is 1. The molecule has 0 fully saturated rings. The summed E-state index contributed by atoms with van der Waals surface area (Å²) in [6.07, 6.45) is 1.63. The van der Waals surface area contributed by atoms with E-state index in [0.29, 0.717) is 18.7 Å². The quantitative estimate of drug-likeness (QED) is 0.836. The number of hydrogen-bond donors (Lipinski definition) is 1. The van der Waals surface area contributed by atoms with Crippen LogP contribution in [0.15, 0.2) is 18.3 Å². The maximum Gasteiger partial charge on any atom is 0.251 e. The van der Waals surface area contributed by atoms with Gasteiger partial charge in [-0.3, -0.25) is 9.78 Å². The molecule has 1 rings (SSSR count). The molecule has 0 aliphatic carbocycles. The zero-order valence-corrected chi connectivity index (χ0v) is 11.0. The van der Waals surface area contributed by atoms with Crippen molar-refractivity contribution in [2.75, 3.05) is 20.3 Å². The average molecular weight is 287 g/mol. The molecule has 0 aromatic carbocycles. The van der Waals surface area contributed by atoms with Crippen molar-refractivity contribution in [3.8, 4) is 0 Å². The van der Waals surface area contributed by atoms with Crippen LogP contribution in [0.1, 0.15) is 16.1 Å². The minimum Gasteiger partial charge on any atom is -0.383 e. The molecule has 4 nitrogen and oxygen atoms in total. The highest BCUT2D eigenvalue weighted by Gasteiger charge is 2.08. The number of methoxy groups -OCH3 is 1. The molecular weight excluding hydrogens is 272 g/mol. The van der Waals surface area contributed by atoms with E-state index in [1.54, 1.807) is 25.4 Å². The molecule has 1 amide bonds. The number of carbonyl (C=O) groups is 1. The first-order chi connectivity index (χ1) is 7.63. The molecule has 1 N–H and O–H groups in total. The first-order valence-corrected chi connectivity index (χ1v) is 5.89. The number of hydrogen-bond acceptors (Lipinski definition) is 3. The summed E-state index contributed by atoms with van der Waals surface area (Å²) >= 11 is 3.40. The summed E-state index contributed by atoms with van der Waals surface area (Å²) in [5.74, 6) is -0.0916. The summed E-state index contributed by atoms with van der Waals surface area (Å²) in [7, 11) is 1.63. The monoisotopic (exact) mass is 286 g/mol. The summed E-state index contributed by atoms with van der Waals surface area (Å²) in [5, 5.41) is 2.82. The smallest absolute Gasteiger partial charge is 0.251 e. The standard InChI is InChI=1S/C11H15BrN2O2/c1-8-5-9(3-4-13-8)11(15)14-6-10(12)7-16-2/h3-5,10H,6-7H2,1-2H3,(H,14,15). The number of alkyl halides is 1. The van der Waals surface area contributed by atoms with Gasteiger partial charge in [0.1, 0.15) is 0 Å². The van der Waals surface area contributed by atoms with Crippen molar-refractivity contribution in [2.24, 2.45) is 0 Å². The Labute approximate surface area is 104 Å². The van der Waals surface area contributed by atoms with E-state index in [-0.39, 0.29) is 10.7 Å². The lowest BCUT2D eigenvalue weighted by Crippen LogP contribution is -2.31. The third-order valence-corrected chi connectivity index (χ3v) is 2.58. The SMILES string of the molecule is COCC(Br)CNC(=O)c1ccnc(C)c1. The van der Waals surface area contributed by atoms with Crippen molar-refractivity contribution in [2.45, 2.75) is 11.8 Å². The molecule has 1 heterocycles. The van der Waals surface area contributed by atoms with Crippen LogP contribution in [-0.2, 0) is 4.74 Å². The largest absolute Gasteiger partial charge is 0.383 e. The predicted octanol–water partition coefficient (Wildman–Crippen LogP) is 1.53. The number of aryl methyl sites for hydroxylation is 1. The Balaban J connectivity index is 2.47. The van der Waals surface area contributed by atoms with Crippen molar-refractivity contribution >= 4 is 21.8 Å². The van der Waals surface area contributed by atoms with Gasteiger partial charge >= 0.3 is 0 Å². The Hall–Kier alpha value is -0.940. The van der Waals surface area contributed by atoms with E-state index < -0.39 is 0 Å². The summed E-state index contributed by atoms with van der Waals surface area (Å²) in [4.78, 5) is 15.9. The molecule has 0 bridgehead atoms. The van der Waals surface area contributed by atoms with E-state index in [9.17, 15) is 4.79 Å². The van der Waals surface area contributed by atoms with Crippen LogP contribution in [0.4, 0.5) is 0 Å². The number of halogens is 1. The van der Waals surface area contributed by atoms with Gasteiger partial charge in [0.15, 0.2) is 0 Å². The van der Waals surface area contributed by atoms with Crippen LogP contribution in [0.25, 0.3) is 0 Å². The number of ether oxygens (including phenoxy) is 1. The number of carbonyl (C=O) groups excluding carboxylic acids is 1. The molecule has 5 heteroatoms. The normalized spacial score (nSPS) is 12.2. The highest BCUT2D eigenvalue weighted by molar-refractivity contribution is 9.09. The van der Waals surface area contributed by atoms with Gasteiger partial charge in [-0.05, 0) is 19.1 Å². The maximum atomic E-state index is 11.7. The summed E-state index contributed by atoms with van der Waals surface area (Å²) < 4.78 is 4.95. The van der Waals surface area contributed by atoms with E-state index >= 15 is 0 Å². The van der Waals surface area contributed by atoms with E-state index in [0.717, 1.165) is 5.69 Å². The van der Waals surface area contributed by atoms with Crippen LogP contribution in [0.3, 0.4) is 0 Å². The highest BCUT2D eigenvalue weighted by atomic mass is 79.9. The topological polar surface area (TPSA) is 51.2 Å². The van der Waals surface area contributed by atoms with E-state index in [1.807, 2.05) is 6.92 Å². The summed E-state index contributed by atoms with van der Waals surface area (Å²) in [6.45, 7) is 2.96.